The van der Waals surface area contributed by atoms with Gasteiger partial charge in [-0.3, -0.25) is 33.7 Å². The largest absolute Gasteiger partial charge is 0.415 e. The summed E-state index contributed by atoms with van der Waals surface area (Å²) in [6.45, 7) is 22.8. The van der Waals surface area contributed by atoms with E-state index in [1.54, 1.807) is 67.8 Å². The highest BCUT2D eigenvalue weighted by atomic mass is 16.6. The molecule has 1 unspecified atom stereocenters. The predicted molar refractivity (Wildman–Crippen MR) is 298 cm³/mol. The highest BCUT2D eigenvalue weighted by Crippen LogP contribution is 2.45. The smallest absolute Gasteiger partial charge is 0.409 e. The monoisotopic (exact) mass is 1030 g/mol. The Bertz CT molecular complexity index is 2860. The third-order valence-electron chi connectivity index (χ3n) is 13.1. The number of hydrogen-bond donors (Lipinski definition) is 5. The summed E-state index contributed by atoms with van der Waals surface area (Å²) >= 11 is 0. The minimum atomic E-state index is -1.01. The van der Waals surface area contributed by atoms with E-state index in [1.165, 1.54) is 25.0 Å². The van der Waals surface area contributed by atoms with Crippen molar-refractivity contribution in [2.75, 3.05) is 68.4 Å². The van der Waals surface area contributed by atoms with Crippen molar-refractivity contribution < 1.29 is 38.3 Å². The summed E-state index contributed by atoms with van der Waals surface area (Å²) in [5.74, 6) is -1.75. The molecule has 1 fully saturated rings. The van der Waals surface area contributed by atoms with Crippen LogP contribution < -0.4 is 31.3 Å². The quantitative estimate of drug-likeness (QED) is 0.0665. The Hall–Kier alpha value is -7.37. The summed E-state index contributed by atoms with van der Waals surface area (Å²) in [7, 11) is 2.03. The lowest BCUT2D eigenvalue weighted by Crippen LogP contribution is -2.52. The number of piperazine rings is 1. The number of unbranched alkanes of at least 4 members (excludes halogenated alkanes) is 1. The van der Waals surface area contributed by atoms with Gasteiger partial charge in [0.1, 0.15) is 5.75 Å². The number of benzene rings is 4. The molecule has 5 aromatic rings. The van der Waals surface area contributed by atoms with Crippen molar-refractivity contribution in [1.82, 2.24) is 25.0 Å². The predicted octanol–water partition coefficient (Wildman–Crippen LogP) is 8.98. The molecule has 3 aliphatic rings. The van der Waals surface area contributed by atoms with Crippen LogP contribution in [0, 0.1) is 5.41 Å². The zero-order valence-corrected chi connectivity index (χ0v) is 45.6. The average Bonchev–Trinajstić information content (AvgIpc) is 4.07. The van der Waals surface area contributed by atoms with E-state index in [9.17, 15) is 33.6 Å². The summed E-state index contributed by atoms with van der Waals surface area (Å²) in [5.41, 5.74) is 7.79. The van der Waals surface area contributed by atoms with Gasteiger partial charge in [0.25, 0.3) is 17.7 Å². The Morgan fingerprint density at radius 2 is 1.43 bits per heavy atom. The number of amides is 7. The van der Waals surface area contributed by atoms with Crippen LogP contribution in [0.25, 0.3) is 21.7 Å². The van der Waals surface area contributed by atoms with Crippen molar-refractivity contribution in [3.05, 3.63) is 108 Å². The first kappa shape index (κ1) is 58.5. The molecule has 4 aromatic carbocycles. The average molecular weight is 1030 g/mol. The van der Waals surface area contributed by atoms with Gasteiger partial charge in [-0.15, -0.1) is 0 Å². The van der Waals surface area contributed by atoms with Gasteiger partial charge in [-0.25, -0.2) is 4.79 Å². The molecule has 3 aliphatic heterocycles. The Morgan fingerprint density at radius 3 is 2.04 bits per heavy atom. The molecule has 0 saturated carbocycles. The fraction of sp³-hybridized carbons (Fsp3) is 0.431. The van der Waals surface area contributed by atoms with Crippen LogP contribution in [0.4, 0.5) is 21.9 Å². The standard InChI is InChI=1S/C50H54N8O8.C4H11N.2C2H6/c1-30-28-57(39-26-40(36-9-7-8-10-37(36)45(30)39)66-48(65)56-21-19-55(6)20-22-56)44(62)25-35-24-32-23-34(15-16-38(32)52-35)54-46(63)31-11-13-33(14-12-31)53-41(59)27-51-47(64)49(2,3)29-50(4,5)58-42(60)17-18-43(58)61;1-2-3-4-5;2*1-2/h7-18,23-24,26,30,52H,19-22,25,27-29H2,1-6H3,(H,51,64)(H,53,59)(H,54,63);2-5H2,1H3;2*1-2H3. The number of fused-ring (bicyclic) bond motifs is 4. The van der Waals surface area contributed by atoms with E-state index in [1.807, 2.05) is 83.3 Å². The molecule has 0 spiro atoms. The fourth-order valence-corrected chi connectivity index (χ4v) is 9.60. The van der Waals surface area contributed by atoms with E-state index in [0.29, 0.717) is 48.0 Å². The lowest BCUT2D eigenvalue weighted by molar-refractivity contribution is -0.146. The molecule has 0 bridgehead atoms. The van der Waals surface area contributed by atoms with Crippen molar-refractivity contribution in [1.29, 1.82) is 0 Å². The van der Waals surface area contributed by atoms with E-state index in [-0.39, 0.29) is 37.1 Å². The maximum Gasteiger partial charge on any atom is 0.415 e. The van der Waals surface area contributed by atoms with E-state index in [4.69, 9.17) is 10.5 Å². The van der Waals surface area contributed by atoms with Gasteiger partial charge >= 0.3 is 6.09 Å². The SMILES string of the molecule is CC.CC.CC1CN(C(=O)Cc2cc3cc(NC(=O)c4ccc(NC(=O)CNC(=O)C(C)(C)CC(C)(C)N5C(=O)C=CC5=O)cc4)ccc3[nH]2)c2cc(OC(=O)N3CCN(C)CC3)c3ccccc3c21.CCCCN. The fourth-order valence-electron chi connectivity index (χ4n) is 9.60. The van der Waals surface area contributed by atoms with Gasteiger partial charge in [0, 0.05) is 107 Å². The zero-order chi connectivity index (χ0) is 55.2. The second-order valence-electron chi connectivity index (χ2n) is 19.8. The molecular formula is C58H77N9O8. The normalized spacial score (nSPS) is 15.3. The van der Waals surface area contributed by atoms with Crippen LogP contribution in [0.2, 0.25) is 0 Å². The van der Waals surface area contributed by atoms with E-state index >= 15 is 0 Å². The first-order valence-electron chi connectivity index (χ1n) is 26.2. The second-order valence-corrected chi connectivity index (χ2v) is 19.8. The van der Waals surface area contributed by atoms with Gasteiger partial charge in [-0.2, -0.15) is 0 Å². The molecule has 7 amide bonds. The number of ether oxygens (including phenoxy) is 1. The molecule has 0 radical (unpaired) electrons. The number of anilines is 3. The van der Waals surface area contributed by atoms with Crippen LogP contribution in [0.3, 0.4) is 0 Å². The van der Waals surface area contributed by atoms with Gasteiger partial charge < -0.3 is 46.1 Å². The number of likely N-dealkylation sites (N-methyl/N-ethyl adjacent to an activating group) is 1. The lowest BCUT2D eigenvalue weighted by atomic mass is 9.78. The van der Waals surface area contributed by atoms with Crippen LogP contribution in [-0.2, 0) is 30.4 Å². The van der Waals surface area contributed by atoms with E-state index < -0.39 is 40.7 Å². The van der Waals surface area contributed by atoms with Crippen LogP contribution in [-0.4, -0.2) is 120 Å². The minimum Gasteiger partial charge on any atom is -0.409 e. The van der Waals surface area contributed by atoms with E-state index in [0.717, 1.165) is 57.5 Å². The Balaban J connectivity index is 0.00000108. The number of rotatable bonds is 14. The second kappa shape index (κ2) is 26.2. The van der Waals surface area contributed by atoms with Gasteiger partial charge in [-0.1, -0.05) is 86.1 Å². The number of aromatic amines is 1. The molecule has 6 N–H and O–H groups in total. The van der Waals surface area contributed by atoms with Gasteiger partial charge in [0.05, 0.1) is 18.7 Å². The van der Waals surface area contributed by atoms with Crippen LogP contribution in [0.5, 0.6) is 5.75 Å². The van der Waals surface area contributed by atoms with Gasteiger partial charge in [0.2, 0.25) is 17.7 Å². The molecule has 0 aliphatic carbocycles. The van der Waals surface area contributed by atoms with E-state index in [2.05, 4.69) is 39.7 Å². The lowest BCUT2D eigenvalue weighted by Gasteiger charge is -2.39. The van der Waals surface area contributed by atoms with Crippen molar-refractivity contribution in [3.8, 4) is 5.75 Å². The first-order valence-corrected chi connectivity index (χ1v) is 26.2. The molecule has 17 heteroatoms. The molecule has 75 heavy (non-hydrogen) atoms. The minimum absolute atomic E-state index is 0.0607. The molecular weight excluding hydrogens is 951 g/mol. The summed E-state index contributed by atoms with van der Waals surface area (Å²) in [6, 6.07) is 23.3. The highest BCUT2D eigenvalue weighted by molar-refractivity contribution is 6.13. The molecule has 17 nitrogen and oxygen atoms in total. The molecule has 402 valence electrons. The van der Waals surface area contributed by atoms with Crippen LogP contribution >= 0.6 is 0 Å². The number of carbonyl (C=O) groups excluding carboxylic acids is 7. The molecule has 4 heterocycles. The number of nitrogens with one attached hydrogen (secondary N) is 4. The highest BCUT2D eigenvalue weighted by Gasteiger charge is 2.43. The van der Waals surface area contributed by atoms with Crippen molar-refractivity contribution in [3.63, 3.8) is 0 Å². The van der Waals surface area contributed by atoms with Crippen molar-refractivity contribution >= 4 is 80.3 Å². The topological polar surface area (TPSA) is 220 Å². The third-order valence-corrected chi connectivity index (χ3v) is 13.1. The molecule has 1 saturated heterocycles. The number of carbonyl (C=O) groups is 7. The Morgan fingerprint density at radius 1 is 0.800 bits per heavy atom. The van der Waals surface area contributed by atoms with Crippen LogP contribution in [0.15, 0.2) is 91.0 Å². The summed E-state index contributed by atoms with van der Waals surface area (Å²) in [5, 5.41) is 10.9. The first-order chi connectivity index (χ1) is 35.8. The maximum atomic E-state index is 14.1. The molecule has 1 atom stereocenters. The third kappa shape index (κ3) is 14.5. The number of imide groups is 1. The summed E-state index contributed by atoms with van der Waals surface area (Å²) in [4.78, 5) is 101. The summed E-state index contributed by atoms with van der Waals surface area (Å²) in [6.07, 6.45) is 4.67. The van der Waals surface area contributed by atoms with Crippen LogP contribution in [0.1, 0.15) is 116 Å². The Kier molecular flexibility index (Phi) is 20.5. The zero-order valence-electron chi connectivity index (χ0n) is 45.6. The number of nitrogens with zero attached hydrogens (tertiary/aromatic N) is 4. The number of hydrogen-bond acceptors (Lipinski definition) is 10. The van der Waals surface area contributed by atoms with Gasteiger partial charge in [0.15, 0.2) is 0 Å². The van der Waals surface area contributed by atoms with Gasteiger partial charge in [-0.05, 0) is 99.8 Å². The molecule has 1 aromatic heterocycles. The Labute approximate surface area is 441 Å². The summed E-state index contributed by atoms with van der Waals surface area (Å²) < 4.78 is 6.04. The number of nitrogens with two attached hydrogens (primary N) is 1. The van der Waals surface area contributed by atoms with Crippen molar-refractivity contribution in [2.45, 2.75) is 106 Å². The number of aromatic nitrogens is 1. The number of H-pyrrole nitrogens is 1. The molecule has 8 rings (SSSR count). The van der Waals surface area contributed by atoms with Crippen molar-refractivity contribution in [2.24, 2.45) is 11.1 Å². The maximum absolute atomic E-state index is 14.1.